The highest BCUT2D eigenvalue weighted by Gasteiger charge is 2.11. The second kappa shape index (κ2) is 4.03. The van der Waals surface area contributed by atoms with Crippen LogP contribution in [-0.4, -0.2) is 5.78 Å². The SMILES string of the molecule is C=CC(=O)c1cc(Cl)c(Br)cc1F. The fourth-order valence-electron chi connectivity index (χ4n) is 0.821. The van der Waals surface area contributed by atoms with Crippen LogP contribution >= 0.6 is 27.5 Å². The first-order valence-electron chi connectivity index (χ1n) is 3.37. The average molecular weight is 263 g/mol. The van der Waals surface area contributed by atoms with E-state index in [4.69, 9.17) is 11.6 Å². The highest BCUT2D eigenvalue weighted by Crippen LogP contribution is 2.25. The van der Waals surface area contributed by atoms with E-state index < -0.39 is 11.6 Å². The number of carbonyl (C=O) groups excluding carboxylic acids is 1. The molecule has 0 amide bonds. The summed E-state index contributed by atoms with van der Waals surface area (Å²) in [6, 6.07) is 2.42. The molecule has 4 heteroatoms. The second-order valence-corrected chi connectivity index (χ2v) is 3.58. The number of allylic oxidation sites excluding steroid dienone is 1. The molecule has 0 saturated carbocycles. The van der Waals surface area contributed by atoms with Crippen molar-refractivity contribution in [2.75, 3.05) is 0 Å². The molecule has 0 spiro atoms. The van der Waals surface area contributed by atoms with Crippen LogP contribution in [0.3, 0.4) is 0 Å². The Hall–Kier alpha value is -0.670. The van der Waals surface area contributed by atoms with Crippen molar-refractivity contribution in [2.24, 2.45) is 0 Å². The molecular weight excluding hydrogens is 258 g/mol. The van der Waals surface area contributed by atoms with Gasteiger partial charge in [0.2, 0.25) is 0 Å². The van der Waals surface area contributed by atoms with Crippen LogP contribution in [0.4, 0.5) is 4.39 Å². The summed E-state index contributed by atoms with van der Waals surface area (Å²) in [7, 11) is 0. The van der Waals surface area contributed by atoms with Crippen LogP contribution in [0.5, 0.6) is 0 Å². The van der Waals surface area contributed by atoms with E-state index in [1.54, 1.807) is 0 Å². The fraction of sp³-hybridized carbons (Fsp3) is 0. The molecule has 0 atom stereocenters. The summed E-state index contributed by atoms with van der Waals surface area (Å²) in [6.45, 7) is 3.26. The standard InChI is InChI=1S/C9H5BrClFO/c1-2-9(13)5-3-7(11)6(10)4-8(5)12/h2-4H,1H2. The quantitative estimate of drug-likeness (QED) is 0.452. The molecule has 0 aliphatic heterocycles. The fourth-order valence-corrected chi connectivity index (χ4v) is 1.30. The van der Waals surface area contributed by atoms with Gasteiger partial charge in [0.1, 0.15) is 5.82 Å². The van der Waals surface area contributed by atoms with Crippen molar-refractivity contribution in [1.82, 2.24) is 0 Å². The first kappa shape index (κ1) is 10.4. The van der Waals surface area contributed by atoms with Gasteiger partial charge in [0, 0.05) is 4.47 Å². The van der Waals surface area contributed by atoms with E-state index in [2.05, 4.69) is 22.5 Å². The smallest absolute Gasteiger partial charge is 0.188 e. The lowest BCUT2D eigenvalue weighted by Gasteiger charge is -2.01. The Morgan fingerprint density at radius 2 is 2.23 bits per heavy atom. The minimum absolute atomic E-state index is 0.0665. The molecule has 0 N–H and O–H groups in total. The molecule has 0 saturated heterocycles. The molecule has 0 bridgehead atoms. The summed E-state index contributed by atoms with van der Waals surface area (Å²) >= 11 is 8.73. The number of halogens is 3. The summed E-state index contributed by atoms with van der Waals surface area (Å²) in [4.78, 5) is 11.1. The Kier molecular flexibility index (Phi) is 3.22. The lowest BCUT2D eigenvalue weighted by molar-refractivity contribution is 0.104. The summed E-state index contributed by atoms with van der Waals surface area (Å²) < 4.78 is 13.5. The van der Waals surface area contributed by atoms with Gasteiger partial charge in [0.15, 0.2) is 5.78 Å². The summed E-state index contributed by atoms with van der Waals surface area (Å²) in [5.74, 6) is -1.09. The van der Waals surface area contributed by atoms with Gasteiger partial charge in [-0.05, 0) is 34.1 Å². The van der Waals surface area contributed by atoms with Crippen LogP contribution in [0.25, 0.3) is 0 Å². The zero-order chi connectivity index (χ0) is 10.0. The molecule has 1 rings (SSSR count). The Morgan fingerprint density at radius 3 is 2.77 bits per heavy atom. The first-order valence-corrected chi connectivity index (χ1v) is 4.54. The molecule has 1 aromatic carbocycles. The minimum Gasteiger partial charge on any atom is -0.289 e. The molecule has 0 fully saturated rings. The third-order valence-corrected chi connectivity index (χ3v) is 2.66. The monoisotopic (exact) mass is 262 g/mol. The average Bonchev–Trinajstić information content (AvgIpc) is 2.10. The molecule has 0 unspecified atom stereocenters. The first-order chi connectivity index (χ1) is 6.06. The molecule has 0 radical (unpaired) electrons. The number of hydrogen-bond acceptors (Lipinski definition) is 1. The Balaban J connectivity index is 3.31. The van der Waals surface area contributed by atoms with E-state index in [1.165, 1.54) is 6.07 Å². The van der Waals surface area contributed by atoms with Gasteiger partial charge in [-0.3, -0.25) is 4.79 Å². The summed E-state index contributed by atoms with van der Waals surface area (Å²) in [6.07, 6.45) is 1.04. The molecule has 1 aromatic rings. The van der Waals surface area contributed by atoms with Crippen LogP contribution in [0.15, 0.2) is 29.3 Å². The van der Waals surface area contributed by atoms with Crippen LogP contribution < -0.4 is 0 Å². The Morgan fingerprint density at radius 1 is 1.62 bits per heavy atom. The predicted molar refractivity (Wildman–Crippen MR) is 53.6 cm³/mol. The summed E-state index contributed by atoms with van der Waals surface area (Å²) in [5.41, 5.74) is -0.0665. The van der Waals surface area contributed by atoms with Gasteiger partial charge < -0.3 is 0 Å². The number of benzene rings is 1. The zero-order valence-electron chi connectivity index (χ0n) is 6.48. The lowest BCUT2D eigenvalue weighted by atomic mass is 10.1. The van der Waals surface area contributed by atoms with Crippen molar-refractivity contribution in [1.29, 1.82) is 0 Å². The van der Waals surface area contributed by atoms with Crippen LogP contribution in [0.2, 0.25) is 5.02 Å². The molecule has 68 valence electrons. The van der Waals surface area contributed by atoms with Crippen molar-refractivity contribution in [3.05, 3.63) is 45.7 Å². The van der Waals surface area contributed by atoms with Crippen molar-refractivity contribution < 1.29 is 9.18 Å². The molecule has 0 aliphatic carbocycles. The highest BCUT2D eigenvalue weighted by atomic mass is 79.9. The number of carbonyl (C=O) groups is 1. The number of hydrogen-bond donors (Lipinski definition) is 0. The topological polar surface area (TPSA) is 17.1 Å². The lowest BCUT2D eigenvalue weighted by Crippen LogP contribution is -1.98. The number of ketones is 1. The highest BCUT2D eigenvalue weighted by molar-refractivity contribution is 9.10. The maximum absolute atomic E-state index is 13.1. The Labute approximate surface area is 88.3 Å². The van der Waals surface area contributed by atoms with Gasteiger partial charge in [0.05, 0.1) is 10.6 Å². The largest absolute Gasteiger partial charge is 0.289 e. The van der Waals surface area contributed by atoms with Crippen molar-refractivity contribution in [3.63, 3.8) is 0 Å². The van der Waals surface area contributed by atoms with Crippen LogP contribution in [-0.2, 0) is 0 Å². The van der Waals surface area contributed by atoms with Crippen LogP contribution in [0.1, 0.15) is 10.4 Å². The van der Waals surface area contributed by atoms with Crippen molar-refractivity contribution in [3.8, 4) is 0 Å². The van der Waals surface area contributed by atoms with Crippen LogP contribution in [0, 0.1) is 5.82 Å². The van der Waals surface area contributed by atoms with Crippen molar-refractivity contribution >= 4 is 33.3 Å². The van der Waals surface area contributed by atoms with Crippen molar-refractivity contribution in [2.45, 2.75) is 0 Å². The normalized spacial score (nSPS) is 9.77. The summed E-state index contributed by atoms with van der Waals surface area (Å²) in [5, 5.41) is 0.298. The molecule has 1 nitrogen and oxygen atoms in total. The van der Waals surface area contributed by atoms with E-state index in [0.29, 0.717) is 9.50 Å². The van der Waals surface area contributed by atoms with Gasteiger partial charge in [-0.15, -0.1) is 0 Å². The van der Waals surface area contributed by atoms with Gasteiger partial charge in [-0.1, -0.05) is 18.2 Å². The molecular formula is C9H5BrClFO. The third kappa shape index (κ3) is 2.17. The van der Waals surface area contributed by atoms with E-state index in [9.17, 15) is 9.18 Å². The third-order valence-electron chi connectivity index (χ3n) is 1.46. The van der Waals surface area contributed by atoms with Gasteiger partial charge in [-0.25, -0.2) is 4.39 Å². The van der Waals surface area contributed by atoms with Gasteiger partial charge >= 0.3 is 0 Å². The zero-order valence-corrected chi connectivity index (χ0v) is 8.82. The minimum atomic E-state index is -0.610. The van der Waals surface area contributed by atoms with Gasteiger partial charge in [0.25, 0.3) is 0 Å². The second-order valence-electron chi connectivity index (χ2n) is 2.31. The van der Waals surface area contributed by atoms with Gasteiger partial charge in [-0.2, -0.15) is 0 Å². The Bertz CT molecular complexity index is 376. The van der Waals surface area contributed by atoms with E-state index in [0.717, 1.165) is 12.1 Å². The van der Waals surface area contributed by atoms with E-state index in [-0.39, 0.29) is 5.56 Å². The predicted octanol–water partition coefficient (Wildman–Crippen LogP) is 3.61. The molecule has 0 heterocycles. The molecule has 0 aliphatic rings. The van der Waals surface area contributed by atoms with E-state index >= 15 is 0 Å². The van der Waals surface area contributed by atoms with E-state index in [1.807, 2.05) is 0 Å². The molecule has 0 aromatic heterocycles. The maximum atomic E-state index is 13.1. The maximum Gasteiger partial charge on any atom is 0.188 e. The number of rotatable bonds is 2. The molecule has 13 heavy (non-hydrogen) atoms.